The van der Waals surface area contributed by atoms with Gasteiger partial charge in [-0.05, 0) is 48.9 Å². The Balaban J connectivity index is 1.39. The van der Waals surface area contributed by atoms with Crippen molar-refractivity contribution in [1.29, 1.82) is 0 Å². The monoisotopic (exact) mass is 520 g/mol. The minimum absolute atomic E-state index is 0.184. The van der Waals surface area contributed by atoms with Gasteiger partial charge in [-0.3, -0.25) is 5.32 Å². The zero-order valence-corrected chi connectivity index (χ0v) is 22.5. The number of ether oxygens (including phenoxy) is 1. The summed E-state index contributed by atoms with van der Waals surface area (Å²) in [5.41, 5.74) is 10.1. The zero-order valence-electron chi connectivity index (χ0n) is 22.5. The molecule has 0 spiro atoms. The minimum atomic E-state index is -0.366. The third-order valence-electron chi connectivity index (χ3n) is 6.37. The van der Waals surface area contributed by atoms with Gasteiger partial charge in [0.1, 0.15) is 24.0 Å². The second-order valence-electron chi connectivity index (χ2n) is 10.5. The number of aromatic nitrogens is 3. The molecule has 0 unspecified atom stereocenters. The van der Waals surface area contributed by atoms with Crippen molar-refractivity contribution in [3.63, 3.8) is 0 Å². The predicted molar refractivity (Wildman–Crippen MR) is 157 cm³/mol. The van der Waals surface area contributed by atoms with Crippen LogP contribution in [0.15, 0.2) is 85.1 Å². The molecule has 3 aromatic carbocycles. The number of nitrogens with one attached hydrogen (secondary N) is 2. The number of carbonyl (C=O) groups excluding carboxylic acids is 1. The molecule has 5 aromatic rings. The van der Waals surface area contributed by atoms with Crippen LogP contribution in [0.1, 0.15) is 37.6 Å². The van der Waals surface area contributed by atoms with Gasteiger partial charge >= 0.3 is 6.03 Å². The first-order valence-electron chi connectivity index (χ1n) is 12.8. The van der Waals surface area contributed by atoms with Gasteiger partial charge in [-0.25, -0.2) is 14.5 Å². The Morgan fingerprint density at radius 3 is 2.41 bits per heavy atom. The van der Waals surface area contributed by atoms with Gasteiger partial charge < -0.3 is 15.8 Å². The number of benzene rings is 3. The predicted octanol–water partition coefficient (Wildman–Crippen LogP) is 6.83. The smallest absolute Gasteiger partial charge is 0.324 e. The van der Waals surface area contributed by atoms with E-state index < -0.39 is 0 Å². The maximum Gasteiger partial charge on any atom is 0.324 e. The van der Waals surface area contributed by atoms with E-state index in [4.69, 9.17) is 15.6 Å². The Kier molecular flexibility index (Phi) is 6.94. The number of pyridine rings is 1. The largest absolute Gasteiger partial charge is 0.488 e. The van der Waals surface area contributed by atoms with Gasteiger partial charge in [0.25, 0.3) is 0 Å². The Labute approximate surface area is 227 Å². The fourth-order valence-electron chi connectivity index (χ4n) is 4.24. The number of urea groups is 1. The first-order valence-corrected chi connectivity index (χ1v) is 12.8. The second-order valence-corrected chi connectivity index (χ2v) is 10.5. The highest BCUT2D eigenvalue weighted by Crippen LogP contribution is 2.33. The fraction of sp³-hybridized carbons (Fsp3) is 0.194. The SMILES string of the molecule is Cc1ccc(-n2nc(C(C)(C)C)cc2NC(=O)Nc2ccc(OCc3ccnc(N)c3)c3ccccc23)cc1. The van der Waals surface area contributed by atoms with Crippen LogP contribution >= 0.6 is 0 Å². The molecular weight excluding hydrogens is 488 g/mol. The highest BCUT2D eigenvalue weighted by Gasteiger charge is 2.22. The maximum absolute atomic E-state index is 13.2. The van der Waals surface area contributed by atoms with Crippen LogP contribution in [0.3, 0.4) is 0 Å². The number of carbonyl (C=O) groups is 1. The van der Waals surface area contributed by atoms with E-state index in [1.54, 1.807) is 16.9 Å². The average Bonchev–Trinajstić information content (AvgIpc) is 3.33. The van der Waals surface area contributed by atoms with Crippen molar-refractivity contribution in [2.45, 2.75) is 39.7 Å². The van der Waals surface area contributed by atoms with Crippen LogP contribution in [0, 0.1) is 6.92 Å². The van der Waals surface area contributed by atoms with Crippen LogP contribution in [-0.2, 0) is 12.0 Å². The topological polar surface area (TPSA) is 107 Å². The molecule has 0 bridgehead atoms. The molecule has 39 heavy (non-hydrogen) atoms. The van der Waals surface area contributed by atoms with Gasteiger partial charge in [0.2, 0.25) is 0 Å². The van der Waals surface area contributed by atoms with E-state index in [9.17, 15) is 4.79 Å². The minimum Gasteiger partial charge on any atom is -0.488 e. The van der Waals surface area contributed by atoms with Crippen LogP contribution in [0.4, 0.5) is 22.1 Å². The van der Waals surface area contributed by atoms with Crippen LogP contribution in [0.2, 0.25) is 0 Å². The number of nitrogen functional groups attached to an aromatic ring is 1. The van der Waals surface area contributed by atoms with E-state index in [0.717, 1.165) is 33.3 Å². The molecular formula is C31H32N6O2. The molecule has 0 aliphatic heterocycles. The fourth-order valence-corrected chi connectivity index (χ4v) is 4.24. The molecule has 0 radical (unpaired) electrons. The summed E-state index contributed by atoms with van der Waals surface area (Å²) in [7, 11) is 0. The van der Waals surface area contributed by atoms with E-state index in [2.05, 4.69) is 36.4 Å². The zero-order chi connectivity index (χ0) is 27.6. The van der Waals surface area contributed by atoms with Crippen molar-refractivity contribution in [3.8, 4) is 11.4 Å². The summed E-state index contributed by atoms with van der Waals surface area (Å²) in [6.45, 7) is 8.67. The quantitative estimate of drug-likeness (QED) is 0.227. The normalized spacial score (nSPS) is 11.4. The van der Waals surface area contributed by atoms with Crippen molar-refractivity contribution in [2.24, 2.45) is 0 Å². The molecule has 2 aromatic heterocycles. The molecule has 4 N–H and O–H groups in total. The molecule has 8 heteroatoms. The van der Waals surface area contributed by atoms with E-state index in [-0.39, 0.29) is 11.4 Å². The second kappa shape index (κ2) is 10.5. The van der Waals surface area contributed by atoms with E-state index in [1.807, 2.05) is 79.7 Å². The van der Waals surface area contributed by atoms with Crippen molar-refractivity contribution in [3.05, 3.63) is 102 Å². The van der Waals surface area contributed by atoms with Crippen molar-refractivity contribution >= 4 is 34.1 Å². The Morgan fingerprint density at radius 2 is 1.69 bits per heavy atom. The summed E-state index contributed by atoms with van der Waals surface area (Å²) < 4.78 is 7.86. The van der Waals surface area contributed by atoms with E-state index >= 15 is 0 Å². The molecule has 0 atom stereocenters. The maximum atomic E-state index is 13.2. The lowest BCUT2D eigenvalue weighted by Gasteiger charge is -2.14. The highest BCUT2D eigenvalue weighted by molar-refractivity contribution is 6.07. The van der Waals surface area contributed by atoms with Gasteiger partial charge in [-0.15, -0.1) is 0 Å². The first-order chi connectivity index (χ1) is 18.7. The summed E-state index contributed by atoms with van der Waals surface area (Å²) in [5.74, 6) is 1.74. The Hall–Kier alpha value is -4.85. The lowest BCUT2D eigenvalue weighted by Crippen LogP contribution is -2.21. The molecule has 2 heterocycles. The van der Waals surface area contributed by atoms with E-state index in [0.29, 0.717) is 29.7 Å². The van der Waals surface area contributed by atoms with Crippen LogP contribution in [0.5, 0.6) is 5.75 Å². The molecule has 2 amide bonds. The van der Waals surface area contributed by atoms with Gasteiger partial charge in [-0.1, -0.05) is 62.7 Å². The van der Waals surface area contributed by atoms with Crippen LogP contribution in [-0.4, -0.2) is 20.8 Å². The van der Waals surface area contributed by atoms with Gasteiger partial charge in [0.15, 0.2) is 0 Å². The molecule has 0 saturated heterocycles. The Morgan fingerprint density at radius 1 is 0.949 bits per heavy atom. The molecule has 5 rings (SSSR count). The average molecular weight is 521 g/mol. The van der Waals surface area contributed by atoms with Gasteiger partial charge in [0, 0.05) is 28.5 Å². The molecule has 0 aliphatic rings. The Bertz CT molecular complexity index is 1630. The third kappa shape index (κ3) is 5.85. The molecule has 0 saturated carbocycles. The van der Waals surface area contributed by atoms with Gasteiger partial charge in [0.05, 0.1) is 17.1 Å². The molecule has 8 nitrogen and oxygen atoms in total. The summed E-state index contributed by atoms with van der Waals surface area (Å²) >= 11 is 0. The number of aryl methyl sites for hydroxylation is 1. The number of fused-ring (bicyclic) bond motifs is 1. The summed E-state index contributed by atoms with van der Waals surface area (Å²) in [6.07, 6.45) is 1.66. The summed E-state index contributed by atoms with van der Waals surface area (Å²) in [6, 6.07) is 24.7. The molecule has 198 valence electrons. The number of hydrogen-bond donors (Lipinski definition) is 3. The standard InChI is InChI=1S/C31H32N6O2/c1-20-9-11-22(12-10-20)37-29(18-27(36-37)31(2,3)4)35-30(38)34-25-13-14-26(24-8-6-5-7-23(24)25)39-19-21-15-16-33-28(32)17-21/h5-18H,19H2,1-4H3,(H2,32,33)(H2,34,35,38). The van der Waals surface area contributed by atoms with Crippen molar-refractivity contribution in [2.75, 3.05) is 16.4 Å². The number of nitrogens with zero attached hydrogens (tertiary/aromatic N) is 3. The molecule has 0 aliphatic carbocycles. The van der Waals surface area contributed by atoms with Crippen molar-refractivity contribution in [1.82, 2.24) is 14.8 Å². The summed E-state index contributed by atoms with van der Waals surface area (Å²) in [4.78, 5) is 17.3. The third-order valence-corrected chi connectivity index (χ3v) is 6.37. The highest BCUT2D eigenvalue weighted by atomic mass is 16.5. The summed E-state index contributed by atoms with van der Waals surface area (Å²) in [5, 5.41) is 12.6. The molecule has 0 fully saturated rings. The van der Waals surface area contributed by atoms with Crippen LogP contribution in [0.25, 0.3) is 16.5 Å². The van der Waals surface area contributed by atoms with E-state index in [1.165, 1.54) is 0 Å². The number of amides is 2. The van der Waals surface area contributed by atoms with Crippen LogP contribution < -0.4 is 21.1 Å². The lowest BCUT2D eigenvalue weighted by atomic mass is 9.92. The number of nitrogens with two attached hydrogens (primary N) is 1. The number of rotatable bonds is 6. The number of hydrogen-bond acceptors (Lipinski definition) is 5. The number of anilines is 3. The lowest BCUT2D eigenvalue weighted by molar-refractivity contribution is 0.262. The van der Waals surface area contributed by atoms with Crippen molar-refractivity contribution < 1.29 is 9.53 Å². The first kappa shape index (κ1) is 25.8. The van der Waals surface area contributed by atoms with Gasteiger partial charge in [-0.2, -0.15) is 5.10 Å².